The Hall–Kier alpha value is 0.192. The molecule has 1 amide bonds. The van der Waals surface area contributed by atoms with Crippen LogP contribution >= 0.6 is 0 Å². The van der Waals surface area contributed by atoms with Crippen LogP contribution < -0.4 is 5.73 Å². The van der Waals surface area contributed by atoms with Crippen LogP contribution in [0.25, 0.3) is 0 Å². The maximum atomic E-state index is 9.60. The van der Waals surface area contributed by atoms with Crippen LogP contribution in [-0.4, -0.2) is 40.0 Å². The second kappa shape index (κ2) is 6.19. The summed E-state index contributed by atoms with van der Waals surface area (Å²) in [5.41, 5.74) is 4.54. The van der Waals surface area contributed by atoms with Gasteiger partial charge in [-0.15, -0.1) is 0 Å². The molecule has 0 unspecified atom stereocenters. The predicted octanol–water partition coefficient (Wildman–Crippen LogP) is -1.35. The van der Waals surface area contributed by atoms with E-state index in [2.05, 4.69) is 10.5 Å². The molecule has 0 spiro atoms. The Bertz CT molecular complexity index is 56.9. The standard InChI is InChI=1S/C3H7NO2.Pb.4H/c1-2-6-3(4)5;;;;;/h2H2,1H3,(H2,4,5);;;;;. The van der Waals surface area contributed by atoms with Gasteiger partial charge in [-0.1, -0.05) is 0 Å². The number of hydrogen-bond donors (Lipinski definition) is 1. The Labute approximate surface area is 62.4 Å². The molecule has 4 heteroatoms. The van der Waals surface area contributed by atoms with E-state index < -0.39 is 6.09 Å². The van der Waals surface area contributed by atoms with Crippen molar-refractivity contribution in [3.05, 3.63) is 0 Å². The number of ether oxygens (including phenoxy) is 1. The van der Waals surface area contributed by atoms with Gasteiger partial charge in [-0.25, -0.2) is 4.79 Å². The first-order chi connectivity index (χ1) is 2.77. The molecule has 44 valence electrons. The second-order valence-electron chi connectivity index (χ2n) is 0.752. The molecule has 0 atom stereocenters. The average Bonchev–Trinajstić information content (AvgIpc) is 1.35. The van der Waals surface area contributed by atoms with Gasteiger partial charge in [-0.05, 0) is 6.92 Å². The molecular weight excluding hydrogens is 289 g/mol. The second-order valence-corrected chi connectivity index (χ2v) is 0.752. The summed E-state index contributed by atoms with van der Waals surface area (Å²) in [7, 11) is 0. The van der Waals surface area contributed by atoms with Gasteiger partial charge in [-0.3, -0.25) is 0 Å². The van der Waals surface area contributed by atoms with Crippen molar-refractivity contribution < 1.29 is 9.53 Å². The Morgan fingerprint density at radius 3 is 2.29 bits per heavy atom. The van der Waals surface area contributed by atoms with Crippen LogP contribution in [0.3, 0.4) is 0 Å². The molecule has 0 aliphatic carbocycles. The van der Waals surface area contributed by atoms with Crippen LogP contribution in [0.5, 0.6) is 0 Å². The number of nitrogens with two attached hydrogens (primary N) is 1. The van der Waals surface area contributed by atoms with E-state index in [9.17, 15) is 4.79 Å². The Balaban J connectivity index is 0. The summed E-state index contributed by atoms with van der Waals surface area (Å²) >= 11 is 0. The molecule has 0 aliphatic heterocycles. The summed E-state index contributed by atoms with van der Waals surface area (Å²) in [6.07, 6.45) is -0.711. The SMILES string of the molecule is CCOC(N)=O.[PbH4]. The normalized spacial score (nSPS) is 6.43. The number of amides is 1. The molecule has 0 saturated heterocycles. The van der Waals surface area contributed by atoms with Crippen LogP contribution in [-0.2, 0) is 4.74 Å². The Morgan fingerprint density at radius 1 is 1.86 bits per heavy atom. The molecular formula is C3H11NO2Pb. The zero-order valence-electron chi connectivity index (χ0n) is 3.60. The van der Waals surface area contributed by atoms with Gasteiger partial charge >= 0.3 is 33.4 Å². The molecule has 0 radical (unpaired) electrons. The van der Waals surface area contributed by atoms with Gasteiger partial charge in [0.2, 0.25) is 0 Å². The number of hydrogen-bond acceptors (Lipinski definition) is 2. The summed E-state index contributed by atoms with van der Waals surface area (Å²) in [4.78, 5) is 9.60. The molecule has 0 heterocycles. The van der Waals surface area contributed by atoms with Crippen molar-refractivity contribution in [2.24, 2.45) is 5.73 Å². The van der Waals surface area contributed by atoms with Crippen molar-refractivity contribution in [2.45, 2.75) is 6.92 Å². The number of carbonyl (C=O) groups excluding carboxylic acids is 1. The molecule has 0 bridgehead atoms. The third kappa shape index (κ3) is 10.7. The summed E-state index contributed by atoms with van der Waals surface area (Å²) in [5, 5.41) is 0. The molecule has 0 fully saturated rings. The van der Waals surface area contributed by atoms with Crippen LogP contribution in [0.1, 0.15) is 6.92 Å². The number of primary amides is 1. The minimum atomic E-state index is -0.711. The summed E-state index contributed by atoms with van der Waals surface area (Å²) in [6.45, 7) is 2.06. The molecule has 0 aromatic rings. The Morgan fingerprint density at radius 2 is 2.29 bits per heavy atom. The van der Waals surface area contributed by atoms with Crippen LogP contribution in [0.2, 0.25) is 0 Å². The van der Waals surface area contributed by atoms with Gasteiger partial charge in [0.25, 0.3) is 0 Å². The molecule has 0 aromatic carbocycles. The van der Waals surface area contributed by atoms with Gasteiger partial charge in [0.1, 0.15) is 0 Å². The molecule has 0 saturated carbocycles. The first-order valence-electron chi connectivity index (χ1n) is 1.69. The predicted molar refractivity (Wildman–Crippen MR) is 32.5 cm³/mol. The van der Waals surface area contributed by atoms with Gasteiger partial charge in [0.05, 0.1) is 6.61 Å². The van der Waals surface area contributed by atoms with Crippen molar-refractivity contribution in [1.29, 1.82) is 0 Å². The Kier molecular flexibility index (Phi) is 9.05. The van der Waals surface area contributed by atoms with E-state index in [-0.39, 0.29) is 27.3 Å². The molecule has 7 heavy (non-hydrogen) atoms. The van der Waals surface area contributed by atoms with Crippen LogP contribution in [0, 0.1) is 0 Å². The van der Waals surface area contributed by atoms with E-state index in [1.807, 2.05) is 0 Å². The van der Waals surface area contributed by atoms with Crippen molar-refractivity contribution in [3.63, 3.8) is 0 Å². The van der Waals surface area contributed by atoms with Crippen molar-refractivity contribution >= 4 is 33.4 Å². The van der Waals surface area contributed by atoms with E-state index in [1.54, 1.807) is 6.92 Å². The van der Waals surface area contributed by atoms with Crippen molar-refractivity contribution in [2.75, 3.05) is 6.61 Å². The molecule has 0 rings (SSSR count). The fraction of sp³-hybridized carbons (Fsp3) is 0.667. The molecule has 2 N–H and O–H groups in total. The zero-order valence-corrected chi connectivity index (χ0v) is 3.60. The monoisotopic (exact) mass is 301 g/mol. The minimum absolute atomic E-state index is 0. The van der Waals surface area contributed by atoms with E-state index >= 15 is 0 Å². The van der Waals surface area contributed by atoms with Crippen molar-refractivity contribution in [3.8, 4) is 0 Å². The third-order valence-electron chi connectivity index (χ3n) is 0.287. The van der Waals surface area contributed by atoms with Gasteiger partial charge in [-0.2, -0.15) is 0 Å². The van der Waals surface area contributed by atoms with Crippen molar-refractivity contribution in [1.82, 2.24) is 0 Å². The molecule has 0 aromatic heterocycles. The average molecular weight is 300 g/mol. The third-order valence-corrected chi connectivity index (χ3v) is 0.287. The quantitative estimate of drug-likeness (QED) is 0.609. The first kappa shape index (κ1) is 10.2. The van der Waals surface area contributed by atoms with Crippen LogP contribution in [0.4, 0.5) is 4.79 Å². The molecule has 3 nitrogen and oxygen atoms in total. The van der Waals surface area contributed by atoms with Gasteiger partial charge in [0.15, 0.2) is 0 Å². The van der Waals surface area contributed by atoms with Crippen LogP contribution in [0.15, 0.2) is 0 Å². The van der Waals surface area contributed by atoms with E-state index in [0.717, 1.165) is 0 Å². The number of rotatable bonds is 1. The molecule has 0 aliphatic rings. The van der Waals surface area contributed by atoms with E-state index in [1.165, 1.54) is 0 Å². The summed E-state index contributed by atoms with van der Waals surface area (Å²) < 4.78 is 4.18. The van der Waals surface area contributed by atoms with E-state index in [4.69, 9.17) is 0 Å². The van der Waals surface area contributed by atoms with Gasteiger partial charge < -0.3 is 10.5 Å². The van der Waals surface area contributed by atoms with E-state index in [0.29, 0.717) is 6.61 Å². The summed E-state index contributed by atoms with van der Waals surface area (Å²) in [5.74, 6) is 0. The maximum absolute atomic E-state index is 9.60. The summed E-state index contributed by atoms with van der Waals surface area (Å²) in [6, 6.07) is 0. The fourth-order valence-corrected chi connectivity index (χ4v) is 0.142. The first-order valence-corrected chi connectivity index (χ1v) is 1.69. The fourth-order valence-electron chi connectivity index (χ4n) is 0.142. The topological polar surface area (TPSA) is 52.3 Å². The zero-order chi connectivity index (χ0) is 4.99. The number of carbonyl (C=O) groups is 1. The van der Waals surface area contributed by atoms with Gasteiger partial charge in [0, 0.05) is 0 Å².